The molecule has 4 rings (SSSR count). The number of nitrogens with one attached hydrogen (secondary N) is 1. The molecule has 2 heterocycles. The van der Waals surface area contributed by atoms with E-state index in [2.05, 4.69) is 20.1 Å². The number of pyridine rings is 1. The number of anilines is 1. The Morgan fingerprint density at radius 1 is 0.944 bits per heavy atom. The first kappa shape index (κ1) is 26.2. The second kappa shape index (κ2) is 11.9. The number of carbonyl (C=O) groups is 2. The number of piperazine rings is 1. The third-order valence-electron chi connectivity index (χ3n) is 6.07. The number of aliphatic carboxylic acids is 1. The molecule has 1 amide bonds. The molecule has 1 saturated heterocycles. The Labute approximate surface area is 224 Å². The molecular formula is C26H25Cl3N4O3. The molecule has 1 atom stereocenters. The van der Waals surface area contributed by atoms with Gasteiger partial charge in [0.2, 0.25) is 0 Å². The quantitative estimate of drug-likeness (QED) is 0.422. The third kappa shape index (κ3) is 6.68. The molecule has 1 aliphatic rings. The van der Waals surface area contributed by atoms with Crippen LogP contribution in [0, 0.1) is 0 Å². The average Bonchev–Trinajstić information content (AvgIpc) is 2.86. The molecule has 10 heteroatoms. The lowest BCUT2D eigenvalue weighted by Gasteiger charge is -2.36. The minimum atomic E-state index is -1.18. The van der Waals surface area contributed by atoms with E-state index in [0.29, 0.717) is 5.69 Å². The minimum absolute atomic E-state index is 0.0261. The average molecular weight is 548 g/mol. The molecule has 0 saturated carbocycles. The largest absolute Gasteiger partial charge is 0.480 e. The molecule has 1 fully saturated rings. The Balaban J connectivity index is 1.33. The minimum Gasteiger partial charge on any atom is -0.480 e. The summed E-state index contributed by atoms with van der Waals surface area (Å²) in [5.41, 5.74) is 2.81. The highest BCUT2D eigenvalue weighted by atomic mass is 35.5. The molecule has 0 radical (unpaired) electrons. The Kier molecular flexibility index (Phi) is 8.69. The first-order valence-corrected chi connectivity index (χ1v) is 12.6. The summed E-state index contributed by atoms with van der Waals surface area (Å²) in [6.07, 6.45) is 1.77. The van der Waals surface area contributed by atoms with Crippen LogP contribution in [0.4, 0.5) is 5.69 Å². The van der Waals surface area contributed by atoms with E-state index >= 15 is 0 Å². The van der Waals surface area contributed by atoms with Gasteiger partial charge in [-0.15, -0.1) is 0 Å². The van der Waals surface area contributed by atoms with Gasteiger partial charge in [0, 0.05) is 49.9 Å². The van der Waals surface area contributed by atoms with Gasteiger partial charge in [-0.3, -0.25) is 14.7 Å². The summed E-state index contributed by atoms with van der Waals surface area (Å²) < 4.78 is 0. The number of amides is 1. The fourth-order valence-corrected chi connectivity index (χ4v) is 4.79. The van der Waals surface area contributed by atoms with Gasteiger partial charge in [0.05, 0.1) is 27.5 Å². The fourth-order valence-electron chi connectivity index (χ4n) is 4.09. The van der Waals surface area contributed by atoms with Gasteiger partial charge in [0.25, 0.3) is 5.91 Å². The third-order valence-corrected chi connectivity index (χ3v) is 6.95. The Hall–Kier alpha value is -2.84. The molecule has 2 aromatic carbocycles. The van der Waals surface area contributed by atoms with Crippen molar-refractivity contribution in [2.24, 2.45) is 0 Å². The van der Waals surface area contributed by atoms with Crippen LogP contribution in [0.5, 0.6) is 0 Å². The highest BCUT2D eigenvalue weighted by Gasteiger charge is 2.24. The normalized spacial score (nSPS) is 14.9. The summed E-state index contributed by atoms with van der Waals surface area (Å²) in [5, 5.41) is 13.2. The highest BCUT2D eigenvalue weighted by Crippen LogP contribution is 2.24. The summed E-state index contributed by atoms with van der Waals surface area (Å²) >= 11 is 18.1. The monoisotopic (exact) mass is 546 g/mol. The molecule has 2 N–H and O–H groups in total. The lowest BCUT2D eigenvalue weighted by molar-refractivity contribution is -0.139. The number of carboxylic acids is 1. The van der Waals surface area contributed by atoms with Crippen LogP contribution in [0.1, 0.15) is 21.6 Å². The number of aromatic nitrogens is 1. The number of rotatable bonds is 8. The van der Waals surface area contributed by atoms with Crippen LogP contribution >= 0.6 is 34.8 Å². The molecule has 188 valence electrons. The predicted octanol–water partition coefficient (Wildman–Crippen LogP) is 4.79. The van der Waals surface area contributed by atoms with E-state index in [9.17, 15) is 14.7 Å². The van der Waals surface area contributed by atoms with Gasteiger partial charge in [0.15, 0.2) is 0 Å². The maximum absolute atomic E-state index is 12.6. The Morgan fingerprint density at radius 2 is 1.61 bits per heavy atom. The van der Waals surface area contributed by atoms with Gasteiger partial charge in [0.1, 0.15) is 6.04 Å². The number of benzene rings is 2. The van der Waals surface area contributed by atoms with Crippen LogP contribution in [-0.2, 0) is 17.8 Å². The van der Waals surface area contributed by atoms with Gasteiger partial charge in [-0.2, -0.15) is 0 Å². The van der Waals surface area contributed by atoms with Crippen LogP contribution < -0.4 is 10.2 Å². The van der Waals surface area contributed by atoms with E-state index in [0.717, 1.165) is 43.4 Å². The Bertz CT molecular complexity index is 1190. The second-order valence-electron chi connectivity index (χ2n) is 8.56. The van der Waals surface area contributed by atoms with E-state index in [1.54, 1.807) is 18.3 Å². The van der Waals surface area contributed by atoms with Crippen LogP contribution in [-0.4, -0.2) is 59.1 Å². The maximum Gasteiger partial charge on any atom is 0.326 e. The topological polar surface area (TPSA) is 85.8 Å². The number of halogens is 3. The first-order chi connectivity index (χ1) is 17.3. The zero-order chi connectivity index (χ0) is 25.7. The number of nitrogens with zero attached hydrogens (tertiary/aromatic N) is 3. The summed E-state index contributed by atoms with van der Waals surface area (Å²) in [5.74, 6) is -1.82. The van der Waals surface area contributed by atoms with E-state index in [1.165, 1.54) is 17.7 Å². The molecular weight excluding hydrogens is 523 g/mol. The van der Waals surface area contributed by atoms with Crippen LogP contribution in [0.25, 0.3) is 0 Å². The number of hydrogen-bond acceptors (Lipinski definition) is 5. The summed E-state index contributed by atoms with van der Waals surface area (Å²) in [6, 6.07) is 15.1. The van der Waals surface area contributed by atoms with Gasteiger partial charge >= 0.3 is 5.97 Å². The lowest BCUT2D eigenvalue weighted by atomic mass is 10.1. The van der Waals surface area contributed by atoms with E-state index < -0.39 is 17.9 Å². The first-order valence-electron chi connectivity index (χ1n) is 11.4. The van der Waals surface area contributed by atoms with Gasteiger partial charge in [-0.25, -0.2) is 4.79 Å². The molecule has 0 unspecified atom stereocenters. The molecule has 1 aromatic heterocycles. The fraction of sp³-hybridized carbons (Fsp3) is 0.269. The molecule has 0 spiro atoms. The van der Waals surface area contributed by atoms with E-state index in [-0.39, 0.29) is 22.0 Å². The van der Waals surface area contributed by atoms with E-state index in [4.69, 9.17) is 34.8 Å². The number of hydrogen-bond donors (Lipinski definition) is 2. The smallest absolute Gasteiger partial charge is 0.326 e. The zero-order valence-electron chi connectivity index (χ0n) is 19.3. The maximum atomic E-state index is 12.6. The summed E-state index contributed by atoms with van der Waals surface area (Å²) in [4.78, 5) is 33.5. The van der Waals surface area contributed by atoms with Crippen molar-refractivity contribution in [2.45, 2.75) is 19.0 Å². The van der Waals surface area contributed by atoms with Crippen molar-refractivity contribution >= 4 is 52.4 Å². The van der Waals surface area contributed by atoms with Crippen LogP contribution in [0.2, 0.25) is 15.1 Å². The van der Waals surface area contributed by atoms with Crippen molar-refractivity contribution < 1.29 is 14.7 Å². The van der Waals surface area contributed by atoms with E-state index in [1.807, 2.05) is 30.3 Å². The molecule has 0 aliphatic carbocycles. The standard InChI is InChI=1S/C26H25Cl3N4O3/c27-18-6-4-17(5-7-18)16-32-10-12-33(13-11-32)20-9-8-19(30-15-20)14-23(26(35)36)31-25(34)24-21(28)2-1-3-22(24)29/h1-9,15,23H,10-14,16H2,(H,31,34)(H,35,36)/t23-/m0/s1. The van der Waals surface area contributed by atoms with Crippen molar-refractivity contribution in [1.29, 1.82) is 0 Å². The zero-order valence-corrected chi connectivity index (χ0v) is 21.6. The second-order valence-corrected chi connectivity index (χ2v) is 9.81. The summed E-state index contributed by atoms with van der Waals surface area (Å²) in [7, 11) is 0. The van der Waals surface area contributed by atoms with Crippen molar-refractivity contribution in [3.63, 3.8) is 0 Å². The van der Waals surface area contributed by atoms with Gasteiger partial charge < -0.3 is 15.3 Å². The van der Waals surface area contributed by atoms with Gasteiger partial charge in [-0.1, -0.05) is 53.0 Å². The molecule has 3 aromatic rings. The molecule has 7 nitrogen and oxygen atoms in total. The van der Waals surface area contributed by atoms with Gasteiger partial charge in [-0.05, 0) is 42.0 Å². The Morgan fingerprint density at radius 3 is 2.19 bits per heavy atom. The predicted molar refractivity (Wildman–Crippen MR) is 142 cm³/mol. The lowest BCUT2D eigenvalue weighted by Crippen LogP contribution is -2.46. The van der Waals surface area contributed by atoms with Crippen molar-refractivity contribution in [2.75, 3.05) is 31.1 Å². The van der Waals surface area contributed by atoms with Crippen molar-refractivity contribution in [3.8, 4) is 0 Å². The number of carbonyl (C=O) groups excluding carboxylic acids is 1. The molecule has 0 bridgehead atoms. The van der Waals surface area contributed by atoms with Crippen molar-refractivity contribution in [3.05, 3.63) is 92.7 Å². The highest BCUT2D eigenvalue weighted by molar-refractivity contribution is 6.39. The number of carboxylic acid groups (broad SMARTS) is 1. The van der Waals surface area contributed by atoms with Crippen LogP contribution in [0.15, 0.2) is 60.8 Å². The SMILES string of the molecule is O=C(N[C@@H](Cc1ccc(N2CCN(Cc3ccc(Cl)cc3)CC2)cn1)C(=O)O)c1c(Cl)cccc1Cl. The summed E-state index contributed by atoms with van der Waals surface area (Å²) in [6.45, 7) is 4.44. The molecule has 1 aliphatic heterocycles. The molecule has 36 heavy (non-hydrogen) atoms. The van der Waals surface area contributed by atoms with Crippen molar-refractivity contribution in [1.82, 2.24) is 15.2 Å². The van der Waals surface area contributed by atoms with Crippen LogP contribution in [0.3, 0.4) is 0 Å².